The molecule has 3 rings (SSSR count). The summed E-state index contributed by atoms with van der Waals surface area (Å²) in [6.45, 7) is 2.07. The third kappa shape index (κ3) is 2.80. The molecule has 4 heteroatoms. The predicted octanol–water partition coefficient (Wildman–Crippen LogP) is 1.54. The number of rotatable bonds is 5. The van der Waals surface area contributed by atoms with Gasteiger partial charge in [0, 0.05) is 25.7 Å². The van der Waals surface area contributed by atoms with Gasteiger partial charge in [0.2, 0.25) is 0 Å². The molecular weight excluding hydrogens is 236 g/mol. The maximum atomic E-state index is 6.14. The number of nitrogens with zero attached hydrogens (tertiary/aromatic N) is 3. The molecule has 1 aliphatic carbocycles. The Kier molecular flexibility index (Phi) is 3.07. The predicted molar refractivity (Wildman–Crippen MR) is 78.1 cm³/mol. The maximum absolute atomic E-state index is 6.14. The van der Waals surface area contributed by atoms with Crippen LogP contribution in [0.3, 0.4) is 0 Å². The number of imidazole rings is 1. The molecule has 19 heavy (non-hydrogen) atoms. The van der Waals surface area contributed by atoms with Crippen LogP contribution in [0, 0.1) is 0 Å². The van der Waals surface area contributed by atoms with Gasteiger partial charge in [-0.25, -0.2) is 4.98 Å². The van der Waals surface area contributed by atoms with Gasteiger partial charge in [0.05, 0.1) is 17.4 Å². The van der Waals surface area contributed by atoms with Crippen LogP contribution in [0.4, 0.5) is 0 Å². The summed E-state index contributed by atoms with van der Waals surface area (Å²) < 4.78 is 2.05. The van der Waals surface area contributed by atoms with E-state index in [1.54, 1.807) is 0 Å². The van der Waals surface area contributed by atoms with E-state index in [0.717, 1.165) is 25.0 Å². The van der Waals surface area contributed by atoms with Crippen LogP contribution in [0.2, 0.25) is 0 Å². The molecule has 0 saturated heterocycles. The van der Waals surface area contributed by atoms with Crippen LogP contribution in [-0.4, -0.2) is 40.1 Å². The average Bonchev–Trinajstić information content (AvgIpc) is 2.99. The Morgan fingerprint density at radius 2 is 2.21 bits per heavy atom. The third-order valence-electron chi connectivity index (χ3n) is 4.05. The monoisotopic (exact) mass is 258 g/mol. The van der Waals surface area contributed by atoms with Crippen molar-refractivity contribution in [2.45, 2.75) is 24.8 Å². The molecule has 1 aliphatic rings. The van der Waals surface area contributed by atoms with E-state index in [1.807, 2.05) is 13.4 Å². The van der Waals surface area contributed by atoms with E-state index in [2.05, 4.69) is 39.7 Å². The van der Waals surface area contributed by atoms with Crippen LogP contribution in [0.1, 0.15) is 18.4 Å². The van der Waals surface area contributed by atoms with Gasteiger partial charge in [0.15, 0.2) is 0 Å². The number of benzene rings is 1. The third-order valence-corrected chi connectivity index (χ3v) is 4.05. The van der Waals surface area contributed by atoms with Crippen molar-refractivity contribution in [3.8, 4) is 0 Å². The highest BCUT2D eigenvalue weighted by atomic mass is 15.1. The molecule has 102 valence electrons. The van der Waals surface area contributed by atoms with Crippen molar-refractivity contribution in [3.63, 3.8) is 0 Å². The minimum absolute atomic E-state index is 0.111. The maximum Gasteiger partial charge on any atom is 0.0955 e. The van der Waals surface area contributed by atoms with E-state index < -0.39 is 0 Å². The molecule has 0 unspecified atom stereocenters. The Balaban J connectivity index is 1.61. The van der Waals surface area contributed by atoms with Crippen LogP contribution in [-0.2, 0) is 13.5 Å². The number of hydrogen-bond donors (Lipinski definition) is 1. The van der Waals surface area contributed by atoms with Gasteiger partial charge in [0.25, 0.3) is 0 Å². The lowest BCUT2D eigenvalue weighted by atomic mass is 10.1. The summed E-state index contributed by atoms with van der Waals surface area (Å²) in [6, 6.07) is 6.55. The topological polar surface area (TPSA) is 47.1 Å². The molecule has 1 aromatic carbocycles. The lowest BCUT2D eigenvalue weighted by Gasteiger charge is -2.20. The van der Waals surface area contributed by atoms with Crippen LogP contribution in [0.15, 0.2) is 24.5 Å². The first-order chi connectivity index (χ1) is 9.06. The lowest BCUT2D eigenvalue weighted by Crippen LogP contribution is -2.38. The van der Waals surface area contributed by atoms with E-state index in [0.29, 0.717) is 0 Å². The summed E-state index contributed by atoms with van der Waals surface area (Å²) in [5.41, 5.74) is 9.87. The van der Waals surface area contributed by atoms with Gasteiger partial charge in [-0.15, -0.1) is 0 Å². The second-order valence-electron chi connectivity index (χ2n) is 6.03. The molecule has 0 bridgehead atoms. The molecule has 0 aliphatic heterocycles. The molecule has 1 heterocycles. The zero-order valence-corrected chi connectivity index (χ0v) is 11.8. The number of likely N-dealkylation sites (N-methyl/N-ethyl adjacent to an activating group) is 1. The van der Waals surface area contributed by atoms with Crippen LogP contribution < -0.4 is 5.73 Å². The largest absolute Gasteiger partial charge is 0.334 e. The van der Waals surface area contributed by atoms with Gasteiger partial charge in [-0.2, -0.15) is 0 Å². The Morgan fingerprint density at radius 3 is 2.95 bits per heavy atom. The molecule has 1 aromatic heterocycles. The molecular formula is C15H22N4. The quantitative estimate of drug-likeness (QED) is 0.885. The van der Waals surface area contributed by atoms with Crippen LogP contribution in [0.25, 0.3) is 11.0 Å². The SMILES string of the molecule is CN(CCc1ccc2c(c1)ncn2C)CC1(N)CC1. The molecule has 0 spiro atoms. The fourth-order valence-corrected chi connectivity index (χ4v) is 2.59. The zero-order valence-electron chi connectivity index (χ0n) is 11.8. The average molecular weight is 258 g/mol. The van der Waals surface area contributed by atoms with Crippen LogP contribution in [0.5, 0.6) is 0 Å². The summed E-state index contributed by atoms with van der Waals surface area (Å²) in [6.07, 6.45) is 5.28. The van der Waals surface area contributed by atoms with Gasteiger partial charge in [-0.3, -0.25) is 0 Å². The van der Waals surface area contributed by atoms with Crippen molar-refractivity contribution in [3.05, 3.63) is 30.1 Å². The molecule has 1 saturated carbocycles. The van der Waals surface area contributed by atoms with Gasteiger partial charge < -0.3 is 15.2 Å². The van der Waals surface area contributed by atoms with Crippen LogP contribution >= 0.6 is 0 Å². The highest BCUT2D eigenvalue weighted by Crippen LogP contribution is 2.32. The lowest BCUT2D eigenvalue weighted by molar-refractivity contribution is 0.306. The highest BCUT2D eigenvalue weighted by molar-refractivity contribution is 5.75. The van der Waals surface area contributed by atoms with E-state index in [9.17, 15) is 0 Å². The van der Waals surface area contributed by atoms with Crippen molar-refractivity contribution in [2.75, 3.05) is 20.1 Å². The fourth-order valence-electron chi connectivity index (χ4n) is 2.59. The van der Waals surface area contributed by atoms with Gasteiger partial charge in [-0.05, 0) is 44.0 Å². The number of nitrogens with two attached hydrogens (primary N) is 1. The second-order valence-corrected chi connectivity index (χ2v) is 6.03. The molecule has 1 fully saturated rings. The van der Waals surface area contributed by atoms with Crippen molar-refractivity contribution < 1.29 is 0 Å². The van der Waals surface area contributed by atoms with Gasteiger partial charge in [-0.1, -0.05) is 6.07 Å². The fraction of sp³-hybridized carbons (Fsp3) is 0.533. The van der Waals surface area contributed by atoms with E-state index >= 15 is 0 Å². The highest BCUT2D eigenvalue weighted by Gasteiger charge is 2.38. The molecule has 4 nitrogen and oxygen atoms in total. The Labute approximate surface area is 114 Å². The van der Waals surface area contributed by atoms with Gasteiger partial charge in [0.1, 0.15) is 0 Å². The Hall–Kier alpha value is -1.39. The van der Waals surface area contributed by atoms with Crippen molar-refractivity contribution >= 4 is 11.0 Å². The Bertz CT molecular complexity index is 583. The zero-order chi connectivity index (χ0) is 13.5. The van der Waals surface area contributed by atoms with Crippen molar-refractivity contribution in [2.24, 2.45) is 12.8 Å². The first kappa shape index (κ1) is 12.6. The number of fused-ring (bicyclic) bond motifs is 1. The summed E-state index contributed by atoms with van der Waals surface area (Å²) in [5, 5.41) is 0. The summed E-state index contributed by atoms with van der Waals surface area (Å²) in [7, 11) is 4.19. The number of hydrogen-bond acceptors (Lipinski definition) is 3. The van der Waals surface area contributed by atoms with Gasteiger partial charge >= 0.3 is 0 Å². The molecule has 2 aromatic rings. The second kappa shape index (κ2) is 4.62. The molecule has 0 amide bonds. The number of aromatic nitrogens is 2. The Morgan fingerprint density at radius 1 is 1.42 bits per heavy atom. The molecule has 0 radical (unpaired) electrons. The number of aryl methyl sites for hydroxylation is 1. The van der Waals surface area contributed by atoms with E-state index in [4.69, 9.17) is 5.73 Å². The first-order valence-corrected chi connectivity index (χ1v) is 6.93. The smallest absolute Gasteiger partial charge is 0.0955 e. The standard InChI is InChI=1S/C15H22N4/c1-18(10-15(16)6-7-15)8-5-12-3-4-14-13(9-12)17-11-19(14)2/h3-4,9,11H,5-8,10,16H2,1-2H3. The van der Waals surface area contributed by atoms with Crippen molar-refractivity contribution in [1.29, 1.82) is 0 Å². The normalized spacial score (nSPS) is 17.3. The minimum Gasteiger partial charge on any atom is -0.334 e. The summed E-state index contributed by atoms with van der Waals surface area (Å²) >= 11 is 0. The first-order valence-electron chi connectivity index (χ1n) is 6.93. The molecule has 2 N–H and O–H groups in total. The summed E-state index contributed by atoms with van der Waals surface area (Å²) in [4.78, 5) is 6.75. The van der Waals surface area contributed by atoms with E-state index in [1.165, 1.54) is 23.9 Å². The van der Waals surface area contributed by atoms with Crippen molar-refractivity contribution in [1.82, 2.24) is 14.5 Å². The molecule has 0 atom stereocenters. The van der Waals surface area contributed by atoms with E-state index in [-0.39, 0.29) is 5.54 Å². The summed E-state index contributed by atoms with van der Waals surface area (Å²) in [5.74, 6) is 0. The minimum atomic E-state index is 0.111.